The molecule has 2 heterocycles. The van der Waals surface area contributed by atoms with Gasteiger partial charge in [-0.15, -0.1) is 0 Å². The van der Waals surface area contributed by atoms with Gasteiger partial charge in [0.2, 0.25) is 0 Å². The van der Waals surface area contributed by atoms with Crippen molar-refractivity contribution in [2.75, 3.05) is 26.7 Å². The minimum absolute atomic E-state index is 0.600. The van der Waals surface area contributed by atoms with Gasteiger partial charge in [-0.25, -0.2) is 4.98 Å². The molecule has 0 spiro atoms. The fourth-order valence-corrected chi connectivity index (χ4v) is 5.36. The zero-order valence-electron chi connectivity index (χ0n) is 18.6. The smallest absolute Gasteiger partial charge is 0.107 e. The summed E-state index contributed by atoms with van der Waals surface area (Å²) in [5.41, 5.74) is 3.79. The van der Waals surface area contributed by atoms with Gasteiger partial charge in [-0.05, 0) is 82.1 Å². The molecule has 0 amide bonds. The van der Waals surface area contributed by atoms with E-state index in [1.807, 2.05) is 0 Å². The van der Waals surface area contributed by atoms with Crippen LogP contribution in [0.25, 0.3) is 11.0 Å². The van der Waals surface area contributed by atoms with E-state index < -0.39 is 0 Å². The second-order valence-electron chi connectivity index (χ2n) is 9.81. The molecule has 1 aliphatic heterocycles. The van der Waals surface area contributed by atoms with Crippen LogP contribution in [-0.4, -0.2) is 47.6 Å². The Morgan fingerprint density at radius 3 is 2.69 bits per heavy atom. The number of rotatable bonds is 6. The summed E-state index contributed by atoms with van der Waals surface area (Å²) in [5, 5.41) is 3.91. The molecule has 4 nitrogen and oxygen atoms in total. The van der Waals surface area contributed by atoms with Crippen molar-refractivity contribution in [1.82, 2.24) is 20.2 Å². The molecule has 0 saturated carbocycles. The summed E-state index contributed by atoms with van der Waals surface area (Å²) in [7, 11) is 2.24. The number of hydrogen-bond acceptors (Lipinski definition) is 3. The summed E-state index contributed by atoms with van der Waals surface area (Å²) in [6.45, 7) is 10.7. The van der Waals surface area contributed by atoms with E-state index in [0.717, 1.165) is 35.7 Å². The molecular weight excluding hydrogens is 356 g/mol. The first-order valence-electron chi connectivity index (χ1n) is 11.5. The molecule has 3 atom stereocenters. The predicted octanol–water partition coefficient (Wildman–Crippen LogP) is 4.64. The lowest BCUT2D eigenvalue weighted by Gasteiger charge is -2.38. The number of piperidine rings is 1. The van der Waals surface area contributed by atoms with Crippen molar-refractivity contribution in [3.63, 3.8) is 0 Å². The van der Waals surface area contributed by atoms with Gasteiger partial charge in [0.25, 0.3) is 0 Å². The molecule has 1 aliphatic carbocycles. The lowest BCUT2D eigenvalue weighted by molar-refractivity contribution is 0.197. The maximum atomic E-state index is 4.83. The molecule has 4 rings (SSSR count). The normalized spacial score (nSPS) is 26.9. The Hall–Kier alpha value is -1.65. The van der Waals surface area contributed by atoms with Crippen molar-refractivity contribution in [3.8, 4) is 0 Å². The molecule has 1 aromatic heterocycles. The average Bonchev–Trinajstić information content (AvgIpc) is 3.11. The van der Waals surface area contributed by atoms with Crippen LogP contribution in [0.3, 0.4) is 0 Å². The van der Waals surface area contributed by atoms with E-state index in [1.165, 1.54) is 32.4 Å². The van der Waals surface area contributed by atoms with Crippen molar-refractivity contribution in [3.05, 3.63) is 41.7 Å². The second kappa shape index (κ2) is 9.01. The standard InChI is InChI=1S/C25H38N4/c1-17(2)22-14-19(15-25-27-23-7-5-6-8-24(23)28-25)18(3)13-20(22)16-26-21-9-11-29(4)12-10-21/h5-8,13,17,19-22,26H,9-12,14-16H2,1-4H3,(H,27,28)/t19-,20-,22-/m0/s1. The molecule has 4 heteroatoms. The monoisotopic (exact) mass is 394 g/mol. The Bertz CT molecular complexity index is 795. The molecule has 2 aromatic rings. The maximum Gasteiger partial charge on any atom is 0.107 e. The van der Waals surface area contributed by atoms with Crippen LogP contribution < -0.4 is 5.32 Å². The summed E-state index contributed by atoms with van der Waals surface area (Å²) >= 11 is 0. The molecule has 0 radical (unpaired) electrons. The zero-order valence-corrected chi connectivity index (χ0v) is 18.6. The fourth-order valence-electron chi connectivity index (χ4n) is 5.36. The summed E-state index contributed by atoms with van der Waals surface area (Å²) < 4.78 is 0. The SMILES string of the molecule is CC1=C[C@@H](CNC2CCN(C)CC2)[C@H](C(C)C)C[C@H]1Cc1nc2ccccc2[nH]1. The highest BCUT2D eigenvalue weighted by atomic mass is 15.1. The van der Waals surface area contributed by atoms with Crippen molar-refractivity contribution in [1.29, 1.82) is 0 Å². The first-order valence-corrected chi connectivity index (χ1v) is 11.5. The Morgan fingerprint density at radius 1 is 1.21 bits per heavy atom. The molecule has 1 aromatic carbocycles. The van der Waals surface area contributed by atoms with Gasteiger partial charge in [-0.3, -0.25) is 0 Å². The van der Waals surface area contributed by atoms with Crippen LogP contribution in [0.2, 0.25) is 0 Å². The Kier molecular flexibility index (Phi) is 6.41. The lowest BCUT2D eigenvalue weighted by atomic mass is 9.69. The van der Waals surface area contributed by atoms with Gasteiger partial charge in [-0.1, -0.05) is 37.6 Å². The largest absolute Gasteiger partial charge is 0.342 e. The van der Waals surface area contributed by atoms with Crippen LogP contribution in [-0.2, 0) is 6.42 Å². The van der Waals surface area contributed by atoms with Crippen LogP contribution in [0.4, 0.5) is 0 Å². The number of nitrogens with zero attached hydrogens (tertiary/aromatic N) is 2. The van der Waals surface area contributed by atoms with Gasteiger partial charge < -0.3 is 15.2 Å². The number of H-pyrrole nitrogens is 1. The molecule has 0 bridgehead atoms. The number of aromatic nitrogens is 2. The Morgan fingerprint density at radius 2 is 1.97 bits per heavy atom. The van der Waals surface area contributed by atoms with Gasteiger partial charge in [0.05, 0.1) is 11.0 Å². The number of para-hydroxylation sites is 2. The fraction of sp³-hybridized carbons (Fsp3) is 0.640. The van der Waals surface area contributed by atoms with Gasteiger partial charge in [-0.2, -0.15) is 0 Å². The van der Waals surface area contributed by atoms with Gasteiger partial charge in [0, 0.05) is 19.0 Å². The quantitative estimate of drug-likeness (QED) is 0.701. The summed E-state index contributed by atoms with van der Waals surface area (Å²) in [4.78, 5) is 10.8. The Labute approximate surface area is 176 Å². The van der Waals surface area contributed by atoms with E-state index in [4.69, 9.17) is 4.98 Å². The number of nitrogens with one attached hydrogen (secondary N) is 2. The molecule has 1 fully saturated rings. The van der Waals surface area contributed by atoms with Gasteiger partial charge in [0.1, 0.15) is 5.82 Å². The first kappa shape index (κ1) is 20.6. The van der Waals surface area contributed by atoms with Crippen LogP contribution >= 0.6 is 0 Å². The van der Waals surface area contributed by atoms with E-state index in [1.54, 1.807) is 5.57 Å². The molecule has 0 unspecified atom stereocenters. The maximum absolute atomic E-state index is 4.83. The van der Waals surface area contributed by atoms with Crippen LogP contribution in [0.5, 0.6) is 0 Å². The Balaban J connectivity index is 1.42. The topological polar surface area (TPSA) is 44.0 Å². The number of benzene rings is 1. The van der Waals surface area contributed by atoms with Crippen LogP contribution in [0.15, 0.2) is 35.9 Å². The number of allylic oxidation sites excluding steroid dienone is 1. The average molecular weight is 395 g/mol. The molecule has 158 valence electrons. The molecule has 2 aliphatic rings. The van der Waals surface area contributed by atoms with Crippen LogP contribution in [0.1, 0.15) is 45.9 Å². The van der Waals surface area contributed by atoms with E-state index in [9.17, 15) is 0 Å². The second-order valence-corrected chi connectivity index (χ2v) is 9.81. The molecule has 29 heavy (non-hydrogen) atoms. The van der Waals surface area contributed by atoms with Crippen molar-refractivity contribution < 1.29 is 0 Å². The number of aromatic amines is 1. The summed E-state index contributed by atoms with van der Waals surface area (Å²) in [6.07, 6.45) is 7.45. The summed E-state index contributed by atoms with van der Waals surface area (Å²) in [6, 6.07) is 9.06. The lowest BCUT2D eigenvalue weighted by Crippen LogP contribution is -2.44. The highest BCUT2D eigenvalue weighted by molar-refractivity contribution is 5.74. The van der Waals surface area contributed by atoms with Crippen molar-refractivity contribution >= 4 is 11.0 Å². The van der Waals surface area contributed by atoms with E-state index in [2.05, 4.69) is 73.4 Å². The number of hydrogen-bond donors (Lipinski definition) is 2. The molecular formula is C25H38N4. The molecule has 1 saturated heterocycles. The highest BCUT2D eigenvalue weighted by Gasteiger charge is 2.32. The van der Waals surface area contributed by atoms with Crippen molar-refractivity contribution in [2.24, 2.45) is 23.7 Å². The number of likely N-dealkylation sites (tertiary alicyclic amines) is 1. The van der Waals surface area contributed by atoms with Crippen LogP contribution in [0, 0.1) is 23.7 Å². The number of imidazole rings is 1. The van der Waals surface area contributed by atoms with E-state index >= 15 is 0 Å². The predicted molar refractivity (Wildman–Crippen MR) is 122 cm³/mol. The van der Waals surface area contributed by atoms with Crippen molar-refractivity contribution in [2.45, 2.75) is 52.5 Å². The highest BCUT2D eigenvalue weighted by Crippen LogP contribution is 2.38. The van der Waals surface area contributed by atoms with Gasteiger partial charge in [0.15, 0.2) is 0 Å². The van der Waals surface area contributed by atoms with Gasteiger partial charge >= 0.3 is 0 Å². The minimum atomic E-state index is 0.600. The third kappa shape index (κ3) is 4.92. The zero-order chi connectivity index (χ0) is 20.4. The minimum Gasteiger partial charge on any atom is -0.342 e. The third-order valence-corrected chi connectivity index (χ3v) is 7.32. The van der Waals surface area contributed by atoms with E-state index in [-0.39, 0.29) is 0 Å². The molecule has 2 N–H and O–H groups in total. The first-order chi connectivity index (χ1) is 14.0. The number of fused-ring (bicyclic) bond motifs is 1. The third-order valence-electron chi connectivity index (χ3n) is 7.32. The van der Waals surface area contributed by atoms with E-state index in [0.29, 0.717) is 23.8 Å². The summed E-state index contributed by atoms with van der Waals surface area (Å²) in [5.74, 6) is 3.84.